The highest BCUT2D eigenvalue weighted by molar-refractivity contribution is 7.98. The Bertz CT molecular complexity index is 594. The highest BCUT2D eigenvalue weighted by Crippen LogP contribution is 2.11. The van der Waals surface area contributed by atoms with E-state index in [9.17, 15) is 4.79 Å². The fraction of sp³-hybridized carbons (Fsp3) is 0.385. The predicted molar refractivity (Wildman–Crippen MR) is 79.9 cm³/mol. The summed E-state index contributed by atoms with van der Waals surface area (Å²) >= 11 is 1.68. The Labute approximate surface area is 115 Å². The van der Waals surface area contributed by atoms with Crippen LogP contribution < -0.4 is 10.9 Å². The number of aliphatic hydroxyl groups excluding tert-OH is 1. The van der Waals surface area contributed by atoms with Crippen LogP contribution in [-0.2, 0) is 0 Å². The van der Waals surface area contributed by atoms with Gasteiger partial charge in [0.05, 0.1) is 10.9 Å². The molecule has 3 N–H and O–H groups in total. The molecule has 0 radical (unpaired) electrons. The van der Waals surface area contributed by atoms with Gasteiger partial charge in [0.15, 0.2) is 0 Å². The van der Waals surface area contributed by atoms with Gasteiger partial charge in [-0.1, -0.05) is 12.1 Å². The fourth-order valence-corrected chi connectivity index (χ4v) is 2.55. The molecule has 0 aliphatic carbocycles. The van der Waals surface area contributed by atoms with Crippen molar-refractivity contribution in [2.24, 2.45) is 0 Å². The first-order chi connectivity index (χ1) is 9.24. The van der Waals surface area contributed by atoms with Crippen LogP contribution in [0.4, 0.5) is 5.95 Å². The van der Waals surface area contributed by atoms with Gasteiger partial charge in [0.25, 0.3) is 5.56 Å². The molecule has 0 saturated heterocycles. The number of nitrogens with one attached hydrogen (secondary N) is 2. The first-order valence-electron chi connectivity index (χ1n) is 6.10. The van der Waals surface area contributed by atoms with Crippen LogP contribution in [0.25, 0.3) is 10.9 Å². The molecule has 19 heavy (non-hydrogen) atoms. The predicted octanol–water partition coefficient (Wildman–Crippen LogP) is 1.45. The van der Waals surface area contributed by atoms with Crippen LogP contribution in [0, 0.1) is 0 Å². The second-order valence-corrected chi connectivity index (χ2v) is 5.15. The SMILES string of the molecule is CSCC(CCO)Nc1nc2ccccc2c(=O)[nH]1. The summed E-state index contributed by atoms with van der Waals surface area (Å²) in [6.07, 6.45) is 2.62. The average Bonchev–Trinajstić information content (AvgIpc) is 2.39. The number of aromatic amines is 1. The van der Waals surface area contributed by atoms with Crippen molar-refractivity contribution in [2.45, 2.75) is 12.5 Å². The van der Waals surface area contributed by atoms with Gasteiger partial charge >= 0.3 is 0 Å². The van der Waals surface area contributed by atoms with Gasteiger partial charge in [-0.2, -0.15) is 11.8 Å². The molecule has 5 nitrogen and oxygen atoms in total. The summed E-state index contributed by atoms with van der Waals surface area (Å²) in [4.78, 5) is 19.0. The number of nitrogens with zero attached hydrogens (tertiary/aromatic N) is 1. The van der Waals surface area contributed by atoms with Crippen molar-refractivity contribution in [3.8, 4) is 0 Å². The molecule has 0 amide bonds. The molecule has 1 aromatic heterocycles. The maximum absolute atomic E-state index is 11.9. The molecule has 0 aliphatic heterocycles. The third-order valence-electron chi connectivity index (χ3n) is 2.80. The van der Waals surface area contributed by atoms with Crippen LogP contribution in [0.5, 0.6) is 0 Å². The lowest BCUT2D eigenvalue weighted by molar-refractivity contribution is 0.282. The molecule has 0 bridgehead atoms. The minimum atomic E-state index is -0.153. The van der Waals surface area contributed by atoms with Gasteiger partial charge in [-0.25, -0.2) is 4.98 Å². The molecule has 6 heteroatoms. The lowest BCUT2D eigenvalue weighted by Crippen LogP contribution is -2.26. The second kappa shape index (κ2) is 6.58. The van der Waals surface area contributed by atoms with Crippen molar-refractivity contribution >= 4 is 28.6 Å². The van der Waals surface area contributed by atoms with Crippen LogP contribution in [-0.4, -0.2) is 39.7 Å². The van der Waals surface area contributed by atoms with E-state index in [-0.39, 0.29) is 18.2 Å². The normalized spacial score (nSPS) is 12.5. The van der Waals surface area contributed by atoms with Crippen LogP contribution >= 0.6 is 11.8 Å². The summed E-state index contributed by atoms with van der Waals surface area (Å²) in [5, 5.41) is 12.8. The van der Waals surface area contributed by atoms with E-state index in [0.717, 1.165) is 5.75 Å². The number of rotatable bonds is 6. The number of thioether (sulfide) groups is 1. The molecule has 0 aliphatic rings. The third-order valence-corrected chi connectivity index (χ3v) is 3.53. The molecule has 1 atom stereocenters. The zero-order valence-corrected chi connectivity index (χ0v) is 11.5. The molecule has 102 valence electrons. The Morgan fingerprint density at radius 3 is 3.00 bits per heavy atom. The molecule has 0 spiro atoms. The first kappa shape index (κ1) is 13.9. The number of H-pyrrole nitrogens is 1. The number of hydrogen-bond acceptors (Lipinski definition) is 5. The van der Waals surface area contributed by atoms with Crippen molar-refractivity contribution < 1.29 is 5.11 Å². The molecule has 2 aromatic rings. The highest BCUT2D eigenvalue weighted by Gasteiger charge is 2.10. The van der Waals surface area contributed by atoms with Crippen molar-refractivity contribution in [3.05, 3.63) is 34.6 Å². The minimum Gasteiger partial charge on any atom is -0.396 e. The number of fused-ring (bicyclic) bond motifs is 1. The summed E-state index contributed by atoms with van der Waals surface area (Å²) in [6.45, 7) is 0.107. The molecule has 0 fully saturated rings. The van der Waals surface area contributed by atoms with Crippen molar-refractivity contribution in [3.63, 3.8) is 0 Å². The number of benzene rings is 1. The number of aliphatic hydroxyl groups is 1. The smallest absolute Gasteiger partial charge is 0.260 e. The van der Waals surface area contributed by atoms with E-state index in [1.165, 1.54) is 0 Å². The molecule has 1 unspecified atom stereocenters. The topological polar surface area (TPSA) is 78.0 Å². The maximum Gasteiger partial charge on any atom is 0.260 e. The lowest BCUT2D eigenvalue weighted by atomic mass is 10.2. The zero-order chi connectivity index (χ0) is 13.7. The van der Waals surface area contributed by atoms with Crippen LogP contribution in [0.1, 0.15) is 6.42 Å². The number of hydrogen-bond donors (Lipinski definition) is 3. The lowest BCUT2D eigenvalue weighted by Gasteiger charge is -2.17. The summed E-state index contributed by atoms with van der Waals surface area (Å²) < 4.78 is 0. The van der Waals surface area contributed by atoms with E-state index in [1.54, 1.807) is 17.8 Å². The molecule has 1 aromatic carbocycles. The van der Waals surface area contributed by atoms with E-state index in [1.807, 2.05) is 24.5 Å². The van der Waals surface area contributed by atoms with Crippen LogP contribution in [0.15, 0.2) is 29.1 Å². The highest BCUT2D eigenvalue weighted by atomic mass is 32.2. The Morgan fingerprint density at radius 1 is 1.47 bits per heavy atom. The van der Waals surface area contributed by atoms with Crippen molar-refractivity contribution in [1.29, 1.82) is 0 Å². The van der Waals surface area contributed by atoms with E-state index in [0.29, 0.717) is 23.3 Å². The molecule has 2 rings (SSSR count). The van der Waals surface area contributed by atoms with Gasteiger partial charge in [-0.3, -0.25) is 9.78 Å². The van der Waals surface area contributed by atoms with E-state index in [4.69, 9.17) is 5.11 Å². The van der Waals surface area contributed by atoms with Gasteiger partial charge in [-0.05, 0) is 24.8 Å². The van der Waals surface area contributed by atoms with Crippen molar-refractivity contribution in [2.75, 3.05) is 23.9 Å². The Morgan fingerprint density at radius 2 is 2.26 bits per heavy atom. The molecular weight excluding hydrogens is 262 g/mol. The molecular formula is C13H17N3O2S. The van der Waals surface area contributed by atoms with Gasteiger partial charge in [0.2, 0.25) is 5.95 Å². The molecule has 1 heterocycles. The summed E-state index contributed by atoms with van der Waals surface area (Å²) in [5.74, 6) is 1.30. The van der Waals surface area contributed by atoms with Crippen LogP contribution in [0.3, 0.4) is 0 Å². The zero-order valence-electron chi connectivity index (χ0n) is 10.7. The Hall–Kier alpha value is -1.53. The monoisotopic (exact) mass is 279 g/mol. The number of anilines is 1. The summed E-state index contributed by atoms with van der Waals surface area (Å²) in [6, 6.07) is 7.31. The van der Waals surface area contributed by atoms with E-state index in [2.05, 4.69) is 15.3 Å². The number of aromatic nitrogens is 2. The van der Waals surface area contributed by atoms with E-state index < -0.39 is 0 Å². The Kier molecular flexibility index (Phi) is 4.81. The third kappa shape index (κ3) is 3.48. The summed E-state index contributed by atoms with van der Waals surface area (Å²) in [5.41, 5.74) is 0.514. The first-order valence-corrected chi connectivity index (χ1v) is 7.49. The Balaban J connectivity index is 2.27. The average molecular weight is 279 g/mol. The van der Waals surface area contributed by atoms with Gasteiger partial charge in [0, 0.05) is 18.4 Å². The van der Waals surface area contributed by atoms with Gasteiger partial charge in [0.1, 0.15) is 0 Å². The molecule has 0 saturated carbocycles. The van der Waals surface area contributed by atoms with Crippen LogP contribution in [0.2, 0.25) is 0 Å². The quantitative estimate of drug-likeness (QED) is 0.746. The van der Waals surface area contributed by atoms with Crippen molar-refractivity contribution in [1.82, 2.24) is 9.97 Å². The standard InChI is InChI=1S/C13H17N3O2S/c1-19-8-9(6-7-17)14-13-15-11-5-3-2-4-10(11)12(18)16-13/h2-5,9,17H,6-8H2,1H3,(H2,14,15,16,18). The summed E-state index contributed by atoms with van der Waals surface area (Å²) in [7, 11) is 0. The minimum absolute atomic E-state index is 0.0873. The van der Waals surface area contributed by atoms with Gasteiger partial charge < -0.3 is 10.4 Å². The van der Waals surface area contributed by atoms with Gasteiger partial charge in [-0.15, -0.1) is 0 Å². The fourth-order valence-electron chi connectivity index (χ4n) is 1.90. The van der Waals surface area contributed by atoms with E-state index >= 15 is 0 Å². The second-order valence-electron chi connectivity index (χ2n) is 4.24. The number of para-hydroxylation sites is 1. The maximum atomic E-state index is 11.9. The largest absolute Gasteiger partial charge is 0.396 e.